The molecule has 2 heterocycles. The first-order valence-electron chi connectivity index (χ1n) is 11.3. The van der Waals surface area contributed by atoms with Crippen molar-refractivity contribution in [2.45, 2.75) is 26.3 Å². The number of carbonyl (C=O) groups excluding carboxylic acids is 1. The average Bonchev–Trinajstić information content (AvgIpc) is 3.33. The first kappa shape index (κ1) is 22.7. The van der Waals surface area contributed by atoms with E-state index in [1.807, 2.05) is 53.4 Å². The Bertz CT molecular complexity index is 1030. The molecule has 0 radical (unpaired) electrons. The number of hydrogen-bond acceptors (Lipinski definition) is 7. The summed E-state index contributed by atoms with van der Waals surface area (Å²) in [5.41, 5.74) is 1.57. The number of hydrogen-bond donors (Lipinski definition) is 0. The number of rotatable bonds is 9. The maximum Gasteiger partial charge on any atom is 0.253 e. The molecular formula is C24H30N6O3. The van der Waals surface area contributed by atoms with Crippen molar-refractivity contribution >= 4 is 5.91 Å². The van der Waals surface area contributed by atoms with Crippen molar-refractivity contribution < 1.29 is 14.3 Å². The van der Waals surface area contributed by atoms with E-state index in [0.29, 0.717) is 31.8 Å². The first-order chi connectivity index (χ1) is 16.2. The third kappa shape index (κ3) is 5.67. The van der Waals surface area contributed by atoms with Crippen LogP contribution in [0.15, 0.2) is 48.5 Å². The topological polar surface area (TPSA) is 85.6 Å². The fourth-order valence-electron chi connectivity index (χ4n) is 3.75. The van der Waals surface area contributed by atoms with Gasteiger partial charge in [0.1, 0.15) is 11.5 Å². The van der Waals surface area contributed by atoms with E-state index in [9.17, 15) is 4.79 Å². The number of carbonyl (C=O) groups is 1. The number of ether oxygens (including phenoxy) is 2. The third-order valence-corrected chi connectivity index (χ3v) is 5.74. The first-order valence-corrected chi connectivity index (χ1v) is 11.3. The molecule has 0 saturated carbocycles. The standard InChI is InChI=1S/C24H30N6O3/c1-3-4-17-33-22-9-5-19(6-10-22)24(31)29-15-13-28(14-16-29)18-23-25-26-27-30(23)20-7-11-21(32-2)12-8-20/h5-12H,3-4,13-18H2,1-2H3. The van der Waals surface area contributed by atoms with Gasteiger partial charge < -0.3 is 14.4 Å². The summed E-state index contributed by atoms with van der Waals surface area (Å²) in [4.78, 5) is 17.1. The predicted octanol–water partition coefficient (Wildman–Crippen LogP) is 2.81. The molecule has 33 heavy (non-hydrogen) atoms. The second-order valence-corrected chi connectivity index (χ2v) is 8.00. The molecule has 0 aliphatic carbocycles. The van der Waals surface area contributed by atoms with E-state index in [-0.39, 0.29) is 5.91 Å². The second kappa shape index (κ2) is 10.9. The monoisotopic (exact) mass is 450 g/mol. The van der Waals surface area contributed by atoms with E-state index in [4.69, 9.17) is 9.47 Å². The molecule has 0 atom stereocenters. The van der Waals surface area contributed by atoms with Crippen molar-refractivity contribution in [3.63, 3.8) is 0 Å². The number of methoxy groups -OCH3 is 1. The molecule has 3 aromatic rings. The minimum atomic E-state index is 0.0535. The van der Waals surface area contributed by atoms with Crippen LogP contribution in [0.25, 0.3) is 5.69 Å². The predicted molar refractivity (Wildman–Crippen MR) is 124 cm³/mol. The number of aromatic nitrogens is 4. The van der Waals surface area contributed by atoms with Gasteiger partial charge in [0.25, 0.3) is 5.91 Å². The van der Waals surface area contributed by atoms with E-state index in [2.05, 4.69) is 27.3 Å². The Hall–Kier alpha value is -3.46. The molecule has 2 aromatic carbocycles. The minimum absolute atomic E-state index is 0.0535. The third-order valence-electron chi connectivity index (χ3n) is 5.74. The van der Waals surface area contributed by atoms with Gasteiger partial charge in [0.05, 0.1) is 25.9 Å². The number of piperazine rings is 1. The summed E-state index contributed by atoms with van der Waals surface area (Å²) >= 11 is 0. The Morgan fingerprint density at radius 2 is 1.67 bits per heavy atom. The number of nitrogens with zero attached hydrogens (tertiary/aromatic N) is 6. The summed E-state index contributed by atoms with van der Waals surface area (Å²) in [6, 6.07) is 15.1. The minimum Gasteiger partial charge on any atom is -0.497 e. The Morgan fingerprint density at radius 3 is 2.33 bits per heavy atom. The van der Waals surface area contributed by atoms with E-state index in [0.717, 1.165) is 48.9 Å². The largest absolute Gasteiger partial charge is 0.497 e. The summed E-state index contributed by atoms with van der Waals surface area (Å²) in [5.74, 6) is 2.41. The molecule has 174 valence electrons. The van der Waals surface area contributed by atoms with E-state index < -0.39 is 0 Å². The zero-order chi connectivity index (χ0) is 23.0. The van der Waals surface area contributed by atoms with Crippen molar-refractivity contribution in [1.82, 2.24) is 30.0 Å². The SMILES string of the molecule is CCCCOc1ccc(C(=O)N2CCN(Cc3nnnn3-c3ccc(OC)cc3)CC2)cc1. The maximum atomic E-state index is 12.9. The molecule has 1 aliphatic heterocycles. The fraction of sp³-hybridized carbons (Fsp3) is 0.417. The van der Waals surface area contributed by atoms with Gasteiger partial charge in [-0.05, 0) is 65.4 Å². The van der Waals surface area contributed by atoms with Gasteiger partial charge in [0.15, 0.2) is 5.82 Å². The van der Waals surface area contributed by atoms with Crippen LogP contribution in [0.1, 0.15) is 35.9 Å². The van der Waals surface area contributed by atoms with Crippen molar-refractivity contribution in [2.24, 2.45) is 0 Å². The molecule has 0 unspecified atom stereocenters. The zero-order valence-electron chi connectivity index (χ0n) is 19.2. The van der Waals surface area contributed by atoms with Gasteiger partial charge in [0.2, 0.25) is 0 Å². The van der Waals surface area contributed by atoms with Gasteiger partial charge in [-0.2, -0.15) is 4.68 Å². The molecular weight excluding hydrogens is 420 g/mol. The van der Waals surface area contributed by atoms with E-state index in [1.165, 1.54) is 0 Å². The molecule has 1 aliphatic rings. The van der Waals surface area contributed by atoms with Crippen molar-refractivity contribution in [3.05, 3.63) is 59.9 Å². The van der Waals surface area contributed by atoms with Crippen LogP contribution in [0.4, 0.5) is 0 Å². The molecule has 9 heteroatoms. The molecule has 1 amide bonds. The zero-order valence-corrected chi connectivity index (χ0v) is 19.2. The Kier molecular flexibility index (Phi) is 7.51. The number of amides is 1. The highest BCUT2D eigenvalue weighted by atomic mass is 16.5. The van der Waals surface area contributed by atoms with Gasteiger partial charge in [-0.1, -0.05) is 13.3 Å². The van der Waals surface area contributed by atoms with Gasteiger partial charge in [-0.15, -0.1) is 5.10 Å². The molecule has 1 aromatic heterocycles. The average molecular weight is 451 g/mol. The quantitative estimate of drug-likeness (QED) is 0.464. The summed E-state index contributed by atoms with van der Waals surface area (Å²) in [7, 11) is 1.64. The summed E-state index contributed by atoms with van der Waals surface area (Å²) in [5, 5.41) is 12.2. The smallest absolute Gasteiger partial charge is 0.253 e. The van der Waals surface area contributed by atoms with Crippen LogP contribution < -0.4 is 9.47 Å². The van der Waals surface area contributed by atoms with Crippen LogP contribution in [0.5, 0.6) is 11.5 Å². The summed E-state index contributed by atoms with van der Waals surface area (Å²) < 4.78 is 12.6. The van der Waals surface area contributed by atoms with E-state index >= 15 is 0 Å². The van der Waals surface area contributed by atoms with Crippen LogP contribution in [0.2, 0.25) is 0 Å². The van der Waals surface area contributed by atoms with Crippen molar-refractivity contribution in [2.75, 3.05) is 39.9 Å². The van der Waals surface area contributed by atoms with E-state index in [1.54, 1.807) is 11.8 Å². The summed E-state index contributed by atoms with van der Waals surface area (Å²) in [6.45, 7) is 6.31. The summed E-state index contributed by atoms with van der Waals surface area (Å²) in [6.07, 6.45) is 2.12. The molecule has 4 rings (SSSR count). The second-order valence-electron chi connectivity index (χ2n) is 8.00. The Labute approximate surface area is 193 Å². The van der Waals surface area contributed by atoms with Crippen LogP contribution in [0, 0.1) is 0 Å². The highest BCUT2D eigenvalue weighted by Crippen LogP contribution is 2.18. The van der Waals surface area contributed by atoms with Gasteiger partial charge in [0, 0.05) is 31.7 Å². The van der Waals surface area contributed by atoms with Crippen LogP contribution in [-0.4, -0.2) is 75.8 Å². The highest BCUT2D eigenvalue weighted by Gasteiger charge is 2.23. The normalized spacial score (nSPS) is 14.3. The number of benzene rings is 2. The van der Waals surface area contributed by atoms with Gasteiger partial charge >= 0.3 is 0 Å². The fourth-order valence-corrected chi connectivity index (χ4v) is 3.75. The highest BCUT2D eigenvalue weighted by molar-refractivity contribution is 5.94. The lowest BCUT2D eigenvalue weighted by Crippen LogP contribution is -2.48. The van der Waals surface area contributed by atoms with Gasteiger partial charge in [-0.25, -0.2) is 0 Å². The molecule has 1 fully saturated rings. The lowest BCUT2D eigenvalue weighted by atomic mass is 10.1. The van der Waals surface area contributed by atoms with Crippen molar-refractivity contribution in [3.8, 4) is 17.2 Å². The Balaban J connectivity index is 1.30. The lowest BCUT2D eigenvalue weighted by molar-refractivity contribution is 0.0624. The Morgan fingerprint density at radius 1 is 0.970 bits per heavy atom. The van der Waals surface area contributed by atoms with Crippen LogP contribution in [0.3, 0.4) is 0 Å². The van der Waals surface area contributed by atoms with Gasteiger partial charge in [-0.3, -0.25) is 9.69 Å². The molecule has 0 spiro atoms. The van der Waals surface area contributed by atoms with Crippen LogP contribution >= 0.6 is 0 Å². The number of tetrazole rings is 1. The molecule has 0 bridgehead atoms. The molecule has 1 saturated heterocycles. The maximum absolute atomic E-state index is 12.9. The lowest BCUT2D eigenvalue weighted by Gasteiger charge is -2.34. The van der Waals surface area contributed by atoms with Crippen LogP contribution in [-0.2, 0) is 6.54 Å². The molecule has 9 nitrogen and oxygen atoms in total. The molecule has 0 N–H and O–H groups in total. The van der Waals surface area contributed by atoms with Crippen molar-refractivity contribution in [1.29, 1.82) is 0 Å². The number of unbranched alkanes of at least 4 members (excludes halogenated alkanes) is 1.